The molecule has 0 aliphatic carbocycles. The molecule has 1 aliphatic heterocycles. The van der Waals surface area contributed by atoms with Crippen LogP contribution in [0.3, 0.4) is 0 Å². The van der Waals surface area contributed by atoms with Crippen LogP contribution in [0.5, 0.6) is 0 Å². The maximum atomic E-state index is 12.5. The average molecular weight is 369 g/mol. The highest BCUT2D eigenvalue weighted by Crippen LogP contribution is 2.26. The summed E-state index contributed by atoms with van der Waals surface area (Å²) >= 11 is 1.33. The van der Waals surface area contributed by atoms with E-state index in [4.69, 9.17) is 4.74 Å². The van der Waals surface area contributed by atoms with Gasteiger partial charge in [-0.1, -0.05) is 12.1 Å². The first-order valence-corrected chi connectivity index (χ1v) is 9.04. The number of amides is 1. The number of para-hydroxylation sites is 1. The summed E-state index contributed by atoms with van der Waals surface area (Å²) in [7, 11) is 0. The van der Waals surface area contributed by atoms with Crippen molar-refractivity contribution in [3.8, 4) is 0 Å². The van der Waals surface area contributed by atoms with Crippen molar-refractivity contribution in [2.75, 3.05) is 11.4 Å². The minimum absolute atomic E-state index is 0.00286. The number of hydrogen-bond donors (Lipinski definition) is 0. The van der Waals surface area contributed by atoms with E-state index >= 15 is 0 Å². The predicted molar refractivity (Wildman–Crippen MR) is 96.5 cm³/mol. The largest absolute Gasteiger partial charge is 0.456 e. The third-order valence-corrected chi connectivity index (χ3v) is 4.95. The molecular weight excluding hydrogens is 354 g/mol. The van der Waals surface area contributed by atoms with Crippen LogP contribution in [0.25, 0.3) is 4.96 Å². The third-order valence-electron chi connectivity index (χ3n) is 4.20. The fraction of sp³-hybridized carbons (Fsp3) is 0.222. The fourth-order valence-electron chi connectivity index (χ4n) is 2.96. The predicted octanol–water partition coefficient (Wildman–Crippen LogP) is 2.24. The quantitative estimate of drug-likeness (QED) is 0.659. The third kappa shape index (κ3) is 2.99. The Morgan fingerprint density at radius 3 is 2.92 bits per heavy atom. The van der Waals surface area contributed by atoms with Crippen LogP contribution < -0.4 is 10.5 Å². The Hall–Kier alpha value is -3.00. The maximum absolute atomic E-state index is 12.5. The number of hydrogen-bond acceptors (Lipinski definition) is 6. The maximum Gasteiger partial charge on any atom is 0.340 e. The van der Waals surface area contributed by atoms with Crippen molar-refractivity contribution in [2.24, 2.45) is 0 Å². The van der Waals surface area contributed by atoms with Gasteiger partial charge in [0.05, 0.1) is 16.9 Å². The summed E-state index contributed by atoms with van der Waals surface area (Å²) in [5.74, 6) is -0.545. The lowest BCUT2D eigenvalue weighted by Crippen LogP contribution is -2.26. The van der Waals surface area contributed by atoms with E-state index in [2.05, 4.69) is 4.98 Å². The monoisotopic (exact) mass is 369 g/mol. The lowest BCUT2D eigenvalue weighted by atomic mass is 10.1. The molecule has 3 aromatic rings. The van der Waals surface area contributed by atoms with E-state index in [0.29, 0.717) is 34.9 Å². The van der Waals surface area contributed by atoms with Gasteiger partial charge in [0.25, 0.3) is 5.56 Å². The highest BCUT2D eigenvalue weighted by atomic mass is 32.1. The molecule has 0 bridgehead atoms. The number of carbonyl (C=O) groups is 2. The van der Waals surface area contributed by atoms with E-state index < -0.39 is 5.97 Å². The molecule has 1 saturated heterocycles. The number of benzene rings is 1. The zero-order valence-corrected chi connectivity index (χ0v) is 14.6. The van der Waals surface area contributed by atoms with Gasteiger partial charge in [-0.05, 0) is 18.6 Å². The molecule has 1 aromatic carbocycles. The second kappa shape index (κ2) is 6.72. The van der Waals surface area contributed by atoms with Crippen LogP contribution in [0.15, 0.2) is 46.7 Å². The van der Waals surface area contributed by atoms with Crippen molar-refractivity contribution in [1.82, 2.24) is 9.38 Å². The van der Waals surface area contributed by atoms with Crippen molar-refractivity contribution in [1.29, 1.82) is 0 Å². The van der Waals surface area contributed by atoms with Gasteiger partial charge >= 0.3 is 5.97 Å². The highest BCUT2D eigenvalue weighted by Gasteiger charge is 2.26. The first-order valence-electron chi connectivity index (χ1n) is 8.16. The van der Waals surface area contributed by atoms with Gasteiger partial charge in [0.2, 0.25) is 5.91 Å². The van der Waals surface area contributed by atoms with Crippen molar-refractivity contribution in [2.45, 2.75) is 19.4 Å². The molecule has 132 valence electrons. The molecule has 4 rings (SSSR count). The van der Waals surface area contributed by atoms with Crippen molar-refractivity contribution < 1.29 is 14.3 Å². The van der Waals surface area contributed by atoms with Crippen molar-refractivity contribution in [3.63, 3.8) is 0 Å². The van der Waals surface area contributed by atoms with Crippen LogP contribution >= 0.6 is 11.3 Å². The van der Waals surface area contributed by atoms with E-state index in [9.17, 15) is 14.4 Å². The lowest BCUT2D eigenvalue weighted by molar-refractivity contribution is -0.117. The van der Waals surface area contributed by atoms with Crippen LogP contribution in [0.2, 0.25) is 0 Å². The lowest BCUT2D eigenvalue weighted by Gasteiger charge is -2.18. The number of rotatable bonds is 4. The van der Waals surface area contributed by atoms with Gasteiger partial charge < -0.3 is 9.64 Å². The van der Waals surface area contributed by atoms with E-state index in [1.54, 1.807) is 40.7 Å². The molecule has 1 aliphatic rings. The van der Waals surface area contributed by atoms with Gasteiger partial charge in [-0.15, -0.1) is 11.3 Å². The summed E-state index contributed by atoms with van der Waals surface area (Å²) in [5.41, 5.74) is 1.06. The van der Waals surface area contributed by atoms with Gasteiger partial charge in [0, 0.05) is 30.6 Å². The van der Waals surface area contributed by atoms with Crippen LogP contribution in [0, 0.1) is 0 Å². The van der Waals surface area contributed by atoms with Crippen LogP contribution in [-0.2, 0) is 16.1 Å². The molecule has 26 heavy (non-hydrogen) atoms. The average Bonchev–Trinajstić information content (AvgIpc) is 3.28. The molecule has 1 amide bonds. The van der Waals surface area contributed by atoms with E-state index in [0.717, 1.165) is 6.42 Å². The van der Waals surface area contributed by atoms with E-state index in [-0.39, 0.29) is 18.1 Å². The summed E-state index contributed by atoms with van der Waals surface area (Å²) in [5, 5.41) is 1.77. The number of anilines is 1. The summed E-state index contributed by atoms with van der Waals surface area (Å²) in [6, 6.07) is 8.23. The number of carbonyl (C=O) groups excluding carboxylic acids is 2. The Bertz CT molecular complexity index is 1060. The van der Waals surface area contributed by atoms with Gasteiger partial charge in [-0.3, -0.25) is 14.0 Å². The number of nitrogens with zero attached hydrogens (tertiary/aromatic N) is 3. The molecule has 0 unspecified atom stereocenters. The minimum atomic E-state index is -0.548. The highest BCUT2D eigenvalue weighted by molar-refractivity contribution is 7.15. The van der Waals surface area contributed by atoms with Gasteiger partial charge in [-0.25, -0.2) is 9.78 Å². The molecule has 3 heterocycles. The van der Waals surface area contributed by atoms with Crippen molar-refractivity contribution in [3.05, 3.63) is 63.5 Å². The van der Waals surface area contributed by atoms with Gasteiger partial charge in [-0.2, -0.15) is 0 Å². The Labute approximate surface area is 152 Å². The zero-order valence-electron chi connectivity index (χ0n) is 13.8. The number of aromatic nitrogens is 2. The summed E-state index contributed by atoms with van der Waals surface area (Å²) in [6.07, 6.45) is 2.91. The minimum Gasteiger partial charge on any atom is -0.456 e. The molecule has 0 radical (unpaired) electrons. The second-order valence-corrected chi connectivity index (χ2v) is 6.76. The molecular formula is C18H15N3O4S. The molecule has 8 heteroatoms. The SMILES string of the molecule is O=C(OCc1cc(=O)n2ccsc2n1)c1ccccc1N1CCCC1=O. The zero-order chi connectivity index (χ0) is 18.1. The summed E-state index contributed by atoms with van der Waals surface area (Å²) < 4.78 is 6.78. The molecule has 0 saturated carbocycles. The molecule has 0 N–H and O–H groups in total. The first-order chi connectivity index (χ1) is 12.6. The summed E-state index contributed by atoms with van der Waals surface area (Å²) in [4.78, 5) is 43.0. The fourth-order valence-corrected chi connectivity index (χ4v) is 3.70. The van der Waals surface area contributed by atoms with E-state index in [1.165, 1.54) is 21.8 Å². The van der Waals surface area contributed by atoms with Crippen LogP contribution in [0.1, 0.15) is 28.9 Å². The van der Waals surface area contributed by atoms with E-state index in [1.807, 2.05) is 0 Å². The number of fused-ring (bicyclic) bond motifs is 1. The molecule has 1 fully saturated rings. The first kappa shape index (κ1) is 16.5. The van der Waals surface area contributed by atoms with Gasteiger partial charge in [0.15, 0.2) is 4.96 Å². The number of ether oxygens (including phenoxy) is 1. The Morgan fingerprint density at radius 1 is 1.27 bits per heavy atom. The normalized spacial score (nSPS) is 14.2. The smallest absolute Gasteiger partial charge is 0.340 e. The molecule has 7 nitrogen and oxygen atoms in total. The second-order valence-electron chi connectivity index (χ2n) is 5.88. The molecule has 0 atom stereocenters. The molecule has 0 spiro atoms. The topological polar surface area (TPSA) is 81.0 Å². The van der Waals surface area contributed by atoms with Crippen LogP contribution in [0.4, 0.5) is 5.69 Å². The standard InChI is InChI=1S/C18H15N3O4S/c22-15-6-3-7-20(15)14-5-2-1-4-13(14)17(24)25-11-12-10-16(23)21-8-9-26-18(21)19-12/h1-2,4-5,8-10H,3,6-7,11H2. The van der Waals surface area contributed by atoms with Gasteiger partial charge in [0.1, 0.15) is 6.61 Å². The van der Waals surface area contributed by atoms with Crippen molar-refractivity contribution >= 4 is 33.9 Å². The Morgan fingerprint density at radius 2 is 2.12 bits per heavy atom. The Kier molecular flexibility index (Phi) is 4.26. The number of thiazole rings is 1. The number of esters is 1. The molecule has 2 aromatic heterocycles. The Balaban J connectivity index is 1.55. The summed E-state index contributed by atoms with van der Waals surface area (Å²) in [6.45, 7) is 0.487. The van der Waals surface area contributed by atoms with Crippen LogP contribution in [-0.4, -0.2) is 27.8 Å².